The first-order chi connectivity index (χ1) is 5.69. The van der Waals surface area contributed by atoms with Crippen LogP contribution in [-0.2, 0) is 0 Å². The molecule has 4 heteroatoms. The Kier molecular flexibility index (Phi) is 3.56. The maximum Gasteiger partial charge on any atom is 0.376 e. The standard InChI is InChI=1S/C8H19BN2O/c1-3-7-4-8(5-10)11(6-7)9(2)12/h7-8,12H,3-6,10H2,1-2H3/t7-,8+/m1/s1. The molecule has 0 spiro atoms. The molecule has 1 saturated heterocycles. The van der Waals surface area contributed by atoms with Crippen LogP contribution in [0.25, 0.3) is 0 Å². The first-order valence-electron chi connectivity index (χ1n) is 4.82. The van der Waals surface area contributed by atoms with E-state index in [9.17, 15) is 5.02 Å². The van der Waals surface area contributed by atoms with Crippen LogP contribution < -0.4 is 5.73 Å². The van der Waals surface area contributed by atoms with Crippen molar-refractivity contribution in [3.8, 4) is 0 Å². The molecule has 0 bridgehead atoms. The van der Waals surface area contributed by atoms with E-state index in [0.717, 1.165) is 18.9 Å². The fraction of sp³-hybridized carbons (Fsp3) is 1.00. The Hall–Kier alpha value is -0.0551. The molecule has 1 aliphatic rings. The topological polar surface area (TPSA) is 49.5 Å². The maximum atomic E-state index is 9.44. The highest BCUT2D eigenvalue weighted by Gasteiger charge is 2.33. The SMILES string of the molecule is CC[C@@H]1C[C@@H](CN)N(B(C)O)C1. The van der Waals surface area contributed by atoms with Crippen molar-refractivity contribution in [3.05, 3.63) is 0 Å². The highest BCUT2D eigenvalue weighted by atomic mass is 16.2. The molecule has 1 aliphatic heterocycles. The number of nitrogens with two attached hydrogens (primary N) is 1. The van der Waals surface area contributed by atoms with Gasteiger partial charge in [0.15, 0.2) is 0 Å². The van der Waals surface area contributed by atoms with E-state index in [4.69, 9.17) is 5.73 Å². The van der Waals surface area contributed by atoms with Crippen LogP contribution in [0, 0.1) is 5.92 Å². The van der Waals surface area contributed by atoms with Crippen molar-refractivity contribution in [2.75, 3.05) is 13.1 Å². The van der Waals surface area contributed by atoms with Crippen LogP contribution in [0.15, 0.2) is 0 Å². The van der Waals surface area contributed by atoms with E-state index >= 15 is 0 Å². The molecule has 12 heavy (non-hydrogen) atoms. The Morgan fingerprint density at radius 2 is 2.33 bits per heavy atom. The van der Waals surface area contributed by atoms with Crippen molar-refractivity contribution in [2.45, 2.75) is 32.6 Å². The van der Waals surface area contributed by atoms with Gasteiger partial charge in [-0.15, -0.1) is 0 Å². The summed E-state index contributed by atoms with van der Waals surface area (Å²) in [7, 11) is -0.338. The quantitative estimate of drug-likeness (QED) is 0.593. The second-order valence-electron chi connectivity index (χ2n) is 3.73. The highest BCUT2D eigenvalue weighted by Crippen LogP contribution is 2.25. The first-order valence-corrected chi connectivity index (χ1v) is 4.82. The second kappa shape index (κ2) is 4.26. The van der Waals surface area contributed by atoms with Gasteiger partial charge in [-0.2, -0.15) is 0 Å². The summed E-state index contributed by atoms with van der Waals surface area (Å²) in [6.07, 6.45) is 2.34. The summed E-state index contributed by atoms with van der Waals surface area (Å²) in [6, 6.07) is 0.398. The molecule has 1 fully saturated rings. The lowest BCUT2D eigenvalue weighted by atomic mass is 9.84. The van der Waals surface area contributed by atoms with Gasteiger partial charge in [0.25, 0.3) is 0 Å². The molecule has 3 nitrogen and oxygen atoms in total. The van der Waals surface area contributed by atoms with Gasteiger partial charge in [0.05, 0.1) is 0 Å². The van der Waals surface area contributed by atoms with Crippen LogP contribution in [0.1, 0.15) is 19.8 Å². The Labute approximate surface area is 75.1 Å². The van der Waals surface area contributed by atoms with Crippen molar-refractivity contribution in [1.82, 2.24) is 4.81 Å². The minimum atomic E-state index is -0.338. The maximum absolute atomic E-state index is 9.44. The largest absolute Gasteiger partial charge is 0.437 e. The van der Waals surface area contributed by atoms with Crippen LogP contribution in [0.3, 0.4) is 0 Å². The summed E-state index contributed by atoms with van der Waals surface area (Å²) < 4.78 is 0. The Bertz CT molecular complexity index is 143. The zero-order chi connectivity index (χ0) is 9.14. The van der Waals surface area contributed by atoms with Crippen LogP contribution in [0.2, 0.25) is 6.82 Å². The van der Waals surface area contributed by atoms with E-state index in [-0.39, 0.29) is 7.05 Å². The number of hydrogen-bond donors (Lipinski definition) is 2. The van der Waals surface area contributed by atoms with Crippen molar-refractivity contribution >= 4 is 7.05 Å². The minimum Gasteiger partial charge on any atom is -0.437 e. The predicted octanol–water partition coefficient (Wildman–Crippen LogP) is 0.156. The lowest BCUT2D eigenvalue weighted by Gasteiger charge is -2.23. The molecule has 0 saturated carbocycles. The summed E-state index contributed by atoms with van der Waals surface area (Å²) in [5.74, 6) is 0.730. The normalized spacial score (nSPS) is 31.0. The lowest BCUT2D eigenvalue weighted by Crippen LogP contribution is -2.44. The number of rotatable bonds is 3. The molecule has 70 valence electrons. The molecule has 0 aromatic heterocycles. The molecule has 2 atom stereocenters. The molecule has 0 aliphatic carbocycles. The van der Waals surface area contributed by atoms with E-state index < -0.39 is 0 Å². The number of hydrogen-bond acceptors (Lipinski definition) is 3. The van der Waals surface area contributed by atoms with Gasteiger partial charge in [-0.05, 0) is 25.7 Å². The van der Waals surface area contributed by atoms with Crippen molar-refractivity contribution in [1.29, 1.82) is 0 Å². The molecule has 0 aromatic carbocycles. The molecule has 0 aromatic rings. The van der Waals surface area contributed by atoms with Gasteiger partial charge in [-0.25, -0.2) is 0 Å². The minimum absolute atomic E-state index is 0.338. The van der Waals surface area contributed by atoms with Gasteiger partial charge in [-0.1, -0.05) is 13.3 Å². The van der Waals surface area contributed by atoms with Gasteiger partial charge < -0.3 is 15.6 Å². The summed E-state index contributed by atoms with van der Waals surface area (Å²) in [4.78, 5) is 2.11. The fourth-order valence-corrected chi connectivity index (χ4v) is 2.03. The second-order valence-corrected chi connectivity index (χ2v) is 3.73. The molecule has 0 radical (unpaired) electrons. The summed E-state index contributed by atoms with van der Waals surface area (Å²) in [5.41, 5.74) is 5.63. The third kappa shape index (κ3) is 2.00. The molecular formula is C8H19BN2O. The van der Waals surface area contributed by atoms with Crippen LogP contribution in [0.5, 0.6) is 0 Å². The number of nitrogens with zero attached hydrogens (tertiary/aromatic N) is 1. The van der Waals surface area contributed by atoms with Gasteiger partial charge in [0.1, 0.15) is 0 Å². The smallest absolute Gasteiger partial charge is 0.376 e. The predicted molar refractivity (Wildman–Crippen MR) is 51.8 cm³/mol. The van der Waals surface area contributed by atoms with E-state index in [1.807, 2.05) is 6.82 Å². The van der Waals surface area contributed by atoms with Crippen LogP contribution in [-0.4, -0.2) is 36.0 Å². The van der Waals surface area contributed by atoms with Gasteiger partial charge >= 0.3 is 7.05 Å². The Morgan fingerprint density at radius 3 is 2.67 bits per heavy atom. The van der Waals surface area contributed by atoms with Crippen molar-refractivity contribution in [3.63, 3.8) is 0 Å². The fourth-order valence-electron chi connectivity index (χ4n) is 2.03. The molecule has 0 amide bonds. The molecular weight excluding hydrogens is 151 g/mol. The van der Waals surface area contributed by atoms with Gasteiger partial charge in [0.2, 0.25) is 0 Å². The third-order valence-electron chi connectivity index (χ3n) is 2.87. The van der Waals surface area contributed by atoms with Crippen LogP contribution in [0.4, 0.5) is 0 Å². The summed E-state index contributed by atoms with van der Waals surface area (Å²) >= 11 is 0. The van der Waals surface area contributed by atoms with E-state index in [1.54, 1.807) is 0 Å². The van der Waals surface area contributed by atoms with E-state index in [0.29, 0.717) is 12.6 Å². The van der Waals surface area contributed by atoms with Gasteiger partial charge in [0, 0.05) is 12.6 Å². The van der Waals surface area contributed by atoms with Crippen LogP contribution >= 0.6 is 0 Å². The van der Waals surface area contributed by atoms with E-state index in [1.165, 1.54) is 6.42 Å². The van der Waals surface area contributed by atoms with Crippen molar-refractivity contribution in [2.24, 2.45) is 11.7 Å². The zero-order valence-electron chi connectivity index (χ0n) is 8.03. The van der Waals surface area contributed by atoms with E-state index in [2.05, 4.69) is 11.7 Å². The average Bonchev–Trinajstić information content (AvgIpc) is 2.47. The molecule has 1 heterocycles. The lowest BCUT2D eigenvalue weighted by molar-refractivity contribution is 0.346. The van der Waals surface area contributed by atoms with Crippen molar-refractivity contribution < 1.29 is 5.02 Å². The molecule has 0 unspecified atom stereocenters. The molecule has 3 N–H and O–H groups in total. The Morgan fingerprint density at radius 1 is 1.67 bits per heavy atom. The highest BCUT2D eigenvalue weighted by molar-refractivity contribution is 6.45. The summed E-state index contributed by atoms with van der Waals surface area (Å²) in [6.45, 7) is 5.70. The average molecular weight is 170 g/mol. The monoisotopic (exact) mass is 170 g/mol. The van der Waals surface area contributed by atoms with Gasteiger partial charge in [-0.3, -0.25) is 0 Å². The first kappa shape index (κ1) is 10.0. The zero-order valence-corrected chi connectivity index (χ0v) is 8.03. The summed E-state index contributed by atoms with van der Waals surface area (Å²) in [5, 5.41) is 9.44. The Balaban J connectivity index is 2.50. The molecule has 1 rings (SSSR count). The third-order valence-corrected chi connectivity index (χ3v) is 2.87.